The molecule has 0 heterocycles. The van der Waals surface area contributed by atoms with Gasteiger partial charge >= 0.3 is 0 Å². The van der Waals surface area contributed by atoms with Gasteiger partial charge in [-0.1, -0.05) is 6.58 Å². The molecule has 0 spiro atoms. The molecule has 0 fully saturated rings. The van der Waals surface area contributed by atoms with Crippen molar-refractivity contribution in [3.05, 3.63) is 24.8 Å². The summed E-state index contributed by atoms with van der Waals surface area (Å²) in [5.41, 5.74) is 6.16. The number of carbonyl (C=O) groups is 1. The van der Waals surface area contributed by atoms with Crippen LogP contribution in [0.15, 0.2) is 24.8 Å². The van der Waals surface area contributed by atoms with Crippen LogP contribution in [0.25, 0.3) is 0 Å². The van der Waals surface area contributed by atoms with Gasteiger partial charge in [0.15, 0.2) is 0 Å². The van der Waals surface area contributed by atoms with Gasteiger partial charge in [0.05, 0.1) is 11.4 Å². The van der Waals surface area contributed by atoms with E-state index in [1.807, 2.05) is 19.0 Å². The average Bonchev–Trinajstić information content (AvgIpc) is 2.34. The quantitative estimate of drug-likeness (QED) is 0.309. The number of nitrogen functional groups attached to an aromatic ring is 1. The molecule has 0 bridgehead atoms. The lowest BCUT2D eigenvalue weighted by atomic mass is 10.2. The van der Waals surface area contributed by atoms with Crippen molar-refractivity contribution in [2.45, 2.75) is 0 Å². The normalized spacial score (nSPS) is 10.3. The number of hydrogen-bond donors (Lipinski definition) is 3. The Balaban J connectivity index is 2.89. The van der Waals surface area contributed by atoms with Crippen LogP contribution < -0.4 is 15.8 Å². The number of benzene rings is 1. The molecule has 6 nitrogen and oxygen atoms in total. The molecule has 0 aliphatic rings. The third-order valence-electron chi connectivity index (χ3n) is 2.37. The Morgan fingerprint density at radius 2 is 2.26 bits per heavy atom. The summed E-state index contributed by atoms with van der Waals surface area (Å²) in [5.74, 6) is -0.0947. The van der Waals surface area contributed by atoms with Crippen LogP contribution in [0.3, 0.4) is 0 Å². The predicted molar refractivity (Wildman–Crippen MR) is 75.4 cm³/mol. The molecule has 4 N–H and O–H groups in total. The highest BCUT2D eigenvalue weighted by Crippen LogP contribution is 2.34. The van der Waals surface area contributed by atoms with E-state index in [1.54, 1.807) is 0 Å². The molecule has 1 rings (SSSR count). The van der Waals surface area contributed by atoms with Gasteiger partial charge in [0.25, 0.3) is 0 Å². The molecule has 0 radical (unpaired) electrons. The number of anilines is 2. The summed E-state index contributed by atoms with van der Waals surface area (Å²) in [6.07, 6.45) is 1.15. The number of nitrogens with zero attached hydrogens (tertiary/aromatic N) is 1. The summed E-state index contributed by atoms with van der Waals surface area (Å²) in [5, 5.41) is 12.2. The van der Waals surface area contributed by atoms with Crippen LogP contribution >= 0.6 is 0 Å². The first kappa shape index (κ1) is 14.8. The largest absolute Gasteiger partial charge is 0.506 e. The van der Waals surface area contributed by atoms with E-state index in [4.69, 9.17) is 10.5 Å². The SMILES string of the molecule is C=CC(=O)Nc1cc(N)c(O)cc1OCCN(C)C. The van der Waals surface area contributed by atoms with E-state index in [1.165, 1.54) is 12.1 Å². The van der Waals surface area contributed by atoms with E-state index < -0.39 is 0 Å². The van der Waals surface area contributed by atoms with Crippen molar-refractivity contribution in [1.29, 1.82) is 0 Å². The zero-order chi connectivity index (χ0) is 14.4. The number of nitrogens with two attached hydrogens (primary N) is 1. The van der Waals surface area contributed by atoms with Crippen molar-refractivity contribution in [2.75, 3.05) is 38.3 Å². The molecule has 0 aromatic heterocycles. The molecule has 1 aromatic rings. The Kier molecular flexibility index (Phi) is 5.20. The van der Waals surface area contributed by atoms with Crippen molar-refractivity contribution < 1.29 is 14.6 Å². The van der Waals surface area contributed by atoms with Gasteiger partial charge < -0.3 is 25.8 Å². The Bertz CT molecular complexity index is 472. The van der Waals surface area contributed by atoms with Crippen molar-refractivity contribution in [2.24, 2.45) is 0 Å². The summed E-state index contributed by atoms with van der Waals surface area (Å²) in [6.45, 7) is 4.50. The van der Waals surface area contributed by atoms with E-state index in [2.05, 4.69) is 11.9 Å². The molecule has 1 amide bonds. The number of rotatable bonds is 6. The number of hydrogen-bond acceptors (Lipinski definition) is 5. The number of phenols is 1. The first-order valence-corrected chi connectivity index (χ1v) is 5.77. The number of nitrogens with one attached hydrogen (secondary N) is 1. The zero-order valence-electron chi connectivity index (χ0n) is 11.1. The van der Waals surface area contributed by atoms with E-state index in [0.717, 1.165) is 6.08 Å². The van der Waals surface area contributed by atoms with E-state index >= 15 is 0 Å². The number of carbonyl (C=O) groups excluding carboxylic acids is 1. The van der Waals surface area contributed by atoms with Crippen LogP contribution in [0.5, 0.6) is 11.5 Å². The van der Waals surface area contributed by atoms with Crippen molar-refractivity contribution in [1.82, 2.24) is 4.90 Å². The summed E-state index contributed by atoms with van der Waals surface area (Å²) >= 11 is 0. The molecule has 0 aliphatic heterocycles. The van der Waals surface area contributed by atoms with Crippen LogP contribution in [0.1, 0.15) is 0 Å². The van der Waals surface area contributed by atoms with Gasteiger partial charge in [0.2, 0.25) is 5.91 Å². The fraction of sp³-hybridized carbons (Fsp3) is 0.308. The zero-order valence-corrected chi connectivity index (χ0v) is 11.1. The van der Waals surface area contributed by atoms with Gasteiger partial charge in [-0.15, -0.1) is 0 Å². The molecule has 0 unspecified atom stereocenters. The standard InChI is InChI=1S/C13H19N3O3/c1-4-13(18)15-10-7-9(14)11(17)8-12(10)19-6-5-16(2)3/h4,7-8,17H,1,5-6,14H2,2-3H3,(H,15,18). The molecule has 0 saturated carbocycles. The molecule has 0 saturated heterocycles. The number of amides is 1. The van der Waals surface area contributed by atoms with Crippen molar-refractivity contribution >= 4 is 17.3 Å². The molecule has 6 heteroatoms. The Morgan fingerprint density at radius 3 is 2.84 bits per heavy atom. The van der Waals surface area contributed by atoms with Crippen LogP contribution in [0, 0.1) is 0 Å². The fourth-order valence-electron chi connectivity index (χ4n) is 1.32. The van der Waals surface area contributed by atoms with Gasteiger partial charge in [0, 0.05) is 12.6 Å². The minimum atomic E-state index is -0.373. The molecular weight excluding hydrogens is 246 g/mol. The smallest absolute Gasteiger partial charge is 0.247 e. The average molecular weight is 265 g/mol. The van der Waals surface area contributed by atoms with Crippen LogP contribution in [-0.2, 0) is 4.79 Å². The van der Waals surface area contributed by atoms with Gasteiger partial charge in [-0.2, -0.15) is 0 Å². The lowest BCUT2D eigenvalue weighted by molar-refractivity contribution is -0.111. The summed E-state index contributed by atoms with van der Waals surface area (Å²) < 4.78 is 5.52. The second-order valence-electron chi connectivity index (χ2n) is 4.25. The second-order valence-corrected chi connectivity index (χ2v) is 4.25. The summed E-state index contributed by atoms with van der Waals surface area (Å²) in [7, 11) is 3.84. The fourth-order valence-corrected chi connectivity index (χ4v) is 1.32. The third-order valence-corrected chi connectivity index (χ3v) is 2.37. The lowest BCUT2D eigenvalue weighted by Crippen LogP contribution is -2.20. The van der Waals surface area contributed by atoms with Gasteiger partial charge in [-0.05, 0) is 26.2 Å². The Labute approximate surface area is 112 Å². The first-order valence-electron chi connectivity index (χ1n) is 5.77. The molecule has 0 aliphatic carbocycles. The monoisotopic (exact) mass is 265 g/mol. The maximum absolute atomic E-state index is 11.3. The lowest BCUT2D eigenvalue weighted by Gasteiger charge is -2.15. The molecule has 19 heavy (non-hydrogen) atoms. The first-order chi connectivity index (χ1) is 8.93. The topological polar surface area (TPSA) is 87.8 Å². The highest BCUT2D eigenvalue weighted by atomic mass is 16.5. The molecule has 104 valence electrons. The maximum atomic E-state index is 11.3. The number of ether oxygens (including phenoxy) is 1. The minimum absolute atomic E-state index is 0.0866. The van der Waals surface area contributed by atoms with Crippen LogP contribution in [0.4, 0.5) is 11.4 Å². The third kappa shape index (κ3) is 4.51. The number of likely N-dealkylation sites (N-methyl/N-ethyl adjacent to an activating group) is 1. The Morgan fingerprint density at radius 1 is 1.58 bits per heavy atom. The Hall–Kier alpha value is -2.21. The van der Waals surface area contributed by atoms with E-state index in [-0.39, 0.29) is 17.3 Å². The highest BCUT2D eigenvalue weighted by Gasteiger charge is 2.10. The molecule has 1 aromatic carbocycles. The van der Waals surface area contributed by atoms with Gasteiger partial charge in [-0.3, -0.25) is 4.79 Å². The van der Waals surface area contributed by atoms with Crippen molar-refractivity contribution in [3.63, 3.8) is 0 Å². The second kappa shape index (κ2) is 6.65. The van der Waals surface area contributed by atoms with E-state index in [0.29, 0.717) is 24.6 Å². The van der Waals surface area contributed by atoms with Crippen molar-refractivity contribution in [3.8, 4) is 11.5 Å². The molecular formula is C13H19N3O3. The highest BCUT2D eigenvalue weighted by molar-refractivity contribution is 6.00. The van der Waals surface area contributed by atoms with Crippen LogP contribution in [-0.4, -0.2) is 43.2 Å². The summed E-state index contributed by atoms with van der Waals surface area (Å²) in [6, 6.07) is 2.82. The van der Waals surface area contributed by atoms with E-state index in [9.17, 15) is 9.90 Å². The number of aromatic hydroxyl groups is 1. The minimum Gasteiger partial charge on any atom is -0.506 e. The maximum Gasteiger partial charge on any atom is 0.247 e. The van der Waals surface area contributed by atoms with Gasteiger partial charge in [-0.25, -0.2) is 0 Å². The number of phenolic OH excluding ortho intramolecular Hbond substituents is 1. The molecule has 0 atom stereocenters. The predicted octanol–water partition coefficient (Wildman–Crippen LogP) is 1.04. The van der Waals surface area contributed by atoms with Crippen LogP contribution in [0.2, 0.25) is 0 Å². The summed E-state index contributed by atoms with van der Waals surface area (Å²) in [4.78, 5) is 13.3. The van der Waals surface area contributed by atoms with Gasteiger partial charge in [0.1, 0.15) is 18.1 Å².